The molecule has 124 valence electrons. The lowest BCUT2D eigenvalue weighted by Gasteiger charge is -2.10. The van der Waals surface area contributed by atoms with Gasteiger partial charge in [0.05, 0.1) is 5.25 Å². The van der Waals surface area contributed by atoms with Gasteiger partial charge in [0.25, 0.3) is 0 Å². The molecule has 6 nitrogen and oxygen atoms in total. The first-order valence-corrected chi connectivity index (χ1v) is 9.47. The van der Waals surface area contributed by atoms with Crippen molar-refractivity contribution in [2.45, 2.75) is 43.4 Å². The van der Waals surface area contributed by atoms with Crippen molar-refractivity contribution in [3.8, 4) is 0 Å². The summed E-state index contributed by atoms with van der Waals surface area (Å²) < 4.78 is 4.97. The molecule has 0 aromatic carbocycles. The lowest BCUT2D eigenvalue weighted by atomic mass is 10.2. The Morgan fingerprint density at radius 2 is 2.29 bits per heavy atom. The van der Waals surface area contributed by atoms with E-state index in [1.54, 1.807) is 30.7 Å². The summed E-state index contributed by atoms with van der Waals surface area (Å²) in [4.78, 5) is 23.7. The number of rotatable bonds is 4. The molecule has 1 aliphatic rings. The Labute approximate surface area is 147 Å². The molecule has 3 aromatic rings. The summed E-state index contributed by atoms with van der Waals surface area (Å²) >= 11 is 3.22. The molecule has 0 spiro atoms. The topological polar surface area (TPSA) is 80.9 Å². The minimum absolute atomic E-state index is 0.119. The van der Waals surface area contributed by atoms with Gasteiger partial charge in [-0.25, -0.2) is 9.97 Å². The molecule has 0 saturated heterocycles. The third kappa shape index (κ3) is 2.80. The van der Waals surface area contributed by atoms with Crippen LogP contribution in [0.5, 0.6) is 0 Å². The van der Waals surface area contributed by atoms with Gasteiger partial charge in [-0.3, -0.25) is 4.79 Å². The highest BCUT2D eigenvalue weighted by atomic mass is 32.2. The minimum atomic E-state index is -0.294. The molecule has 8 heteroatoms. The molecule has 1 amide bonds. The molecule has 4 rings (SSSR count). The highest BCUT2D eigenvalue weighted by Gasteiger charge is 2.24. The van der Waals surface area contributed by atoms with Gasteiger partial charge >= 0.3 is 0 Å². The maximum absolute atomic E-state index is 12.4. The molecule has 3 heterocycles. The quantitative estimate of drug-likeness (QED) is 0.566. The van der Waals surface area contributed by atoms with Crippen LogP contribution in [0.3, 0.4) is 0 Å². The van der Waals surface area contributed by atoms with E-state index in [2.05, 4.69) is 20.4 Å². The zero-order valence-electron chi connectivity index (χ0n) is 13.3. The van der Waals surface area contributed by atoms with E-state index in [1.807, 2.05) is 6.92 Å². The Bertz CT molecular complexity index is 918. The molecule has 3 aromatic heterocycles. The number of carbonyl (C=O) groups is 1. The van der Waals surface area contributed by atoms with Gasteiger partial charge in [0, 0.05) is 16.3 Å². The number of thiophene rings is 1. The summed E-state index contributed by atoms with van der Waals surface area (Å²) in [5.74, 6) is 0.984. The third-order valence-corrected chi connectivity index (χ3v) is 6.30. The summed E-state index contributed by atoms with van der Waals surface area (Å²) in [5, 5.41) is 8.29. The van der Waals surface area contributed by atoms with Crippen molar-refractivity contribution in [3.63, 3.8) is 0 Å². The van der Waals surface area contributed by atoms with Gasteiger partial charge in [-0.2, -0.15) is 0 Å². The number of nitrogens with one attached hydrogen (secondary N) is 1. The van der Waals surface area contributed by atoms with E-state index in [0.717, 1.165) is 28.1 Å². The number of anilines is 1. The van der Waals surface area contributed by atoms with Crippen LogP contribution in [0.15, 0.2) is 21.9 Å². The van der Waals surface area contributed by atoms with Gasteiger partial charge in [0.1, 0.15) is 21.9 Å². The number of hydrogen-bond acceptors (Lipinski definition) is 7. The molecule has 0 fully saturated rings. The Kier molecular flexibility index (Phi) is 4.01. The smallest absolute Gasteiger partial charge is 0.238 e. The van der Waals surface area contributed by atoms with E-state index < -0.39 is 0 Å². The van der Waals surface area contributed by atoms with E-state index in [1.165, 1.54) is 28.6 Å². The number of carbonyl (C=O) groups excluding carboxylic acids is 1. The highest BCUT2D eigenvalue weighted by molar-refractivity contribution is 8.00. The van der Waals surface area contributed by atoms with Crippen molar-refractivity contribution >= 4 is 45.0 Å². The first-order valence-electron chi connectivity index (χ1n) is 7.78. The Morgan fingerprint density at radius 1 is 1.42 bits per heavy atom. The number of amides is 1. The number of aromatic nitrogens is 3. The maximum Gasteiger partial charge on any atom is 0.238 e. The van der Waals surface area contributed by atoms with Gasteiger partial charge in [-0.15, -0.1) is 11.3 Å². The Balaban J connectivity index is 1.56. The molecule has 0 aliphatic heterocycles. The molecule has 1 aliphatic carbocycles. The predicted octanol–water partition coefficient (Wildman–Crippen LogP) is 3.60. The fourth-order valence-corrected chi connectivity index (χ4v) is 5.10. The molecule has 0 saturated carbocycles. The summed E-state index contributed by atoms with van der Waals surface area (Å²) in [7, 11) is 0. The number of nitrogens with zero attached hydrogens (tertiary/aromatic N) is 3. The number of fused-ring (bicyclic) bond motifs is 3. The summed E-state index contributed by atoms with van der Waals surface area (Å²) in [6.07, 6.45) is 4.98. The molecule has 24 heavy (non-hydrogen) atoms. The van der Waals surface area contributed by atoms with Crippen LogP contribution in [0, 0.1) is 6.92 Å². The molecule has 1 atom stereocenters. The van der Waals surface area contributed by atoms with Crippen LogP contribution in [-0.2, 0) is 17.6 Å². The highest BCUT2D eigenvalue weighted by Crippen LogP contribution is 2.40. The standard InChI is InChI=1S/C16H16N4O2S2/c1-8-6-12(20-22-8)19-14(21)9(2)23-15-13-10-4-3-5-11(10)24-16(13)18-7-17-15/h6-7,9H,3-5H2,1-2H3,(H,19,20,21)/t9-/m1/s1. The second-order valence-corrected chi connectivity index (χ2v) is 8.20. The van der Waals surface area contributed by atoms with Crippen molar-refractivity contribution in [1.29, 1.82) is 0 Å². The third-order valence-electron chi connectivity index (χ3n) is 4.00. The van der Waals surface area contributed by atoms with Crippen molar-refractivity contribution in [1.82, 2.24) is 15.1 Å². The number of aryl methyl sites for hydroxylation is 3. The van der Waals surface area contributed by atoms with E-state index in [9.17, 15) is 4.79 Å². The normalized spacial score (nSPS) is 14.8. The lowest BCUT2D eigenvalue weighted by Crippen LogP contribution is -2.22. The van der Waals surface area contributed by atoms with Crippen LogP contribution in [-0.4, -0.2) is 26.3 Å². The molecule has 0 radical (unpaired) electrons. The summed E-state index contributed by atoms with van der Waals surface area (Å²) in [6.45, 7) is 3.66. The molecule has 0 unspecified atom stereocenters. The predicted molar refractivity (Wildman–Crippen MR) is 94.6 cm³/mol. The summed E-state index contributed by atoms with van der Waals surface area (Å²) in [6, 6.07) is 1.70. The zero-order valence-corrected chi connectivity index (χ0v) is 15.0. The number of thioether (sulfide) groups is 1. The van der Waals surface area contributed by atoms with Crippen LogP contribution in [0.4, 0.5) is 5.82 Å². The van der Waals surface area contributed by atoms with Gasteiger partial charge in [0.2, 0.25) is 5.91 Å². The molecular weight excluding hydrogens is 344 g/mol. The van der Waals surface area contributed by atoms with E-state index in [0.29, 0.717) is 11.6 Å². The first kappa shape index (κ1) is 15.6. The average Bonchev–Trinajstić information content (AvgIpc) is 3.23. The van der Waals surface area contributed by atoms with Crippen molar-refractivity contribution in [2.24, 2.45) is 0 Å². The van der Waals surface area contributed by atoms with Crippen LogP contribution >= 0.6 is 23.1 Å². The van der Waals surface area contributed by atoms with Crippen LogP contribution in [0.25, 0.3) is 10.2 Å². The largest absolute Gasteiger partial charge is 0.360 e. The van der Waals surface area contributed by atoms with E-state index >= 15 is 0 Å². The van der Waals surface area contributed by atoms with Crippen molar-refractivity contribution in [2.75, 3.05) is 5.32 Å². The Morgan fingerprint density at radius 3 is 3.08 bits per heavy atom. The maximum atomic E-state index is 12.4. The van der Waals surface area contributed by atoms with Crippen molar-refractivity contribution < 1.29 is 9.32 Å². The molecule has 0 bridgehead atoms. The second-order valence-electron chi connectivity index (χ2n) is 5.79. The van der Waals surface area contributed by atoms with E-state index in [4.69, 9.17) is 4.52 Å². The second kappa shape index (κ2) is 6.18. The van der Waals surface area contributed by atoms with Crippen molar-refractivity contribution in [3.05, 3.63) is 28.6 Å². The first-order chi connectivity index (χ1) is 11.6. The lowest BCUT2D eigenvalue weighted by molar-refractivity contribution is -0.115. The van der Waals surface area contributed by atoms with Crippen LogP contribution in [0.2, 0.25) is 0 Å². The fourth-order valence-electron chi connectivity index (χ4n) is 2.86. The Hall–Kier alpha value is -1.93. The molecular formula is C16H16N4O2S2. The van der Waals surface area contributed by atoms with Gasteiger partial charge in [0.15, 0.2) is 5.82 Å². The SMILES string of the molecule is Cc1cc(NC(=O)[C@@H](C)Sc2ncnc3sc4c(c23)CCC4)no1. The monoisotopic (exact) mass is 360 g/mol. The van der Waals surface area contributed by atoms with E-state index in [-0.39, 0.29) is 11.2 Å². The zero-order chi connectivity index (χ0) is 16.7. The van der Waals surface area contributed by atoms with Crippen LogP contribution < -0.4 is 5.32 Å². The minimum Gasteiger partial charge on any atom is -0.360 e. The fraction of sp³-hybridized carbons (Fsp3) is 0.375. The van der Waals surface area contributed by atoms with Crippen LogP contribution in [0.1, 0.15) is 29.5 Å². The van der Waals surface area contributed by atoms with Gasteiger partial charge in [-0.05, 0) is 38.7 Å². The average molecular weight is 360 g/mol. The number of hydrogen-bond donors (Lipinski definition) is 1. The molecule has 1 N–H and O–H groups in total. The van der Waals surface area contributed by atoms with Gasteiger partial charge < -0.3 is 9.84 Å². The summed E-state index contributed by atoms with van der Waals surface area (Å²) in [5.41, 5.74) is 1.37. The van der Waals surface area contributed by atoms with Gasteiger partial charge in [-0.1, -0.05) is 16.9 Å².